The summed E-state index contributed by atoms with van der Waals surface area (Å²) >= 11 is 0. The lowest BCUT2D eigenvalue weighted by molar-refractivity contribution is -0.137. The van der Waals surface area contributed by atoms with Crippen molar-refractivity contribution in [3.63, 3.8) is 0 Å². The molecule has 1 saturated heterocycles. The highest BCUT2D eigenvalue weighted by molar-refractivity contribution is 5.66. The van der Waals surface area contributed by atoms with Gasteiger partial charge in [-0.3, -0.25) is 0 Å². The van der Waals surface area contributed by atoms with Gasteiger partial charge in [-0.25, -0.2) is 8.78 Å². The minimum Gasteiger partial charge on any atom is -0.376 e. The van der Waals surface area contributed by atoms with Crippen LogP contribution < -0.4 is 5.32 Å². The maximum atomic E-state index is 14.3. The Balaban J connectivity index is 1.59. The van der Waals surface area contributed by atoms with E-state index in [4.69, 9.17) is 4.74 Å². The summed E-state index contributed by atoms with van der Waals surface area (Å²) in [5, 5.41) is 3.33. The Morgan fingerprint density at radius 2 is 1.61 bits per heavy atom. The van der Waals surface area contributed by atoms with E-state index in [1.807, 2.05) is 30.3 Å². The number of alkyl halides is 3. The van der Waals surface area contributed by atoms with Crippen molar-refractivity contribution in [1.82, 2.24) is 5.32 Å². The van der Waals surface area contributed by atoms with Crippen LogP contribution in [0.15, 0.2) is 66.7 Å². The summed E-state index contributed by atoms with van der Waals surface area (Å²) in [5.74, 6) is -1.71. The molecule has 0 radical (unpaired) electrons. The first-order chi connectivity index (χ1) is 15.8. The first-order valence-electron chi connectivity index (χ1n) is 10.8. The van der Waals surface area contributed by atoms with E-state index in [1.165, 1.54) is 6.07 Å². The summed E-state index contributed by atoms with van der Waals surface area (Å²) in [5.41, 5.74) is 0.232. The molecular weight excluding hydrogens is 437 g/mol. The molecule has 1 fully saturated rings. The molecule has 3 aromatic carbocycles. The maximum absolute atomic E-state index is 14.3. The summed E-state index contributed by atoms with van der Waals surface area (Å²) in [6.07, 6.45) is -2.90. The van der Waals surface area contributed by atoms with E-state index in [-0.39, 0.29) is 28.7 Å². The number of benzene rings is 3. The summed E-state index contributed by atoms with van der Waals surface area (Å²) in [6, 6.07) is 16.2. The largest absolute Gasteiger partial charge is 0.416 e. The fraction of sp³-hybridized carbons (Fsp3) is 0.308. The molecule has 1 aliphatic rings. The molecule has 0 unspecified atom stereocenters. The van der Waals surface area contributed by atoms with Gasteiger partial charge < -0.3 is 10.1 Å². The Kier molecular flexibility index (Phi) is 6.81. The van der Waals surface area contributed by atoms with E-state index < -0.39 is 23.4 Å². The third-order valence-electron chi connectivity index (χ3n) is 6.16. The van der Waals surface area contributed by atoms with Crippen LogP contribution in [0.1, 0.15) is 29.5 Å². The molecule has 33 heavy (non-hydrogen) atoms. The summed E-state index contributed by atoms with van der Waals surface area (Å²) in [6.45, 7) is 1.96. The third kappa shape index (κ3) is 5.42. The first kappa shape index (κ1) is 23.4. The van der Waals surface area contributed by atoms with Crippen molar-refractivity contribution in [2.75, 3.05) is 19.7 Å². The van der Waals surface area contributed by atoms with E-state index in [0.29, 0.717) is 12.7 Å². The number of rotatable bonds is 6. The maximum Gasteiger partial charge on any atom is 0.416 e. The number of piperidine rings is 1. The van der Waals surface area contributed by atoms with Gasteiger partial charge in [0.05, 0.1) is 18.8 Å². The fourth-order valence-corrected chi connectivity index (χ4v) is 4.40. The minimum absolute atomic E-state index is 0.0283. The molecule has 174 valence electrons. The van der Waals surface area contributed by atoms with E-state index >= 15 is 0 Å². The van der Waals surface area contributed by atoms with Gasteiger partial charge in [0.15, 0.2) is 0 Å². The van der Waals surface area contributed by atoms with E-state index in [2.05, 4.69) is 5.32 Å². The van der Waals surface area contributed by atoms with E-state index in [1.54, 1.807) is 0 Å². The molecule has 0 aliphatic carbocycles. The average Bonchev–Trinajstić information content (AvgIpc) is 2.79. The third-order valence-corrected chi connectivity index (χ3v) is 6.16. The zero-order valence-corrected chi connectivity index (χ0v) is 17.9. The van der Waals surface area contributed by atoms with Gasteiger partial charge in [-0.1, -0.05) is 30.3 Å². The van der Waals surface area contributed by atoms with Crippen molar-refractivity contribution in [1.29, 1.82) is 0 Å². The molecule has 1 aliphatic heterocycles. The number of hydrogen-bond donors (Lipinski definition) is 1. The van der Waals surface area contributed by atoms with Gasteiger partial charge in [0.2, 0.25) is 0 Å². The highest BCUT2D eigenvalue weighted by atomic mass is 19.4. The zero-order valence-electron chi connectivity index (χ0n) is 17.9. The predicted molar refractivity (Wildman–Crippen MR) is 117 cm³/mol. The summed E-state index contributed by atoms with van der Waals surface area (Å²) < 4.78 is 74.1. The normalized spacial score (nSPS) is 16.0. The summed E-state index contributed by atoms with van der Waals surface area (Å²) in [7, 11) is 0. The first-order valence-corrected chi connectivity index (χ1v) is 10.8. The highest BCUT2D eigenvalue weighted by Crippen LogP contribution is 2.36. The van der Waals surface area contributed by atoms with Crippen LogP contribution in [0.2, 0.25) is 0 Å². The van der Waals surface area contributed by atoms with Crippen LogP contribution in [0.25, 0.3) is 11.1 Å². The van der Waals surface area contributed by atoms with Crippen molar-refractivity contribution in [2.45, 2.75) is 31.0 Å². The van der Waals surface area contributed by atoms with Gasteiger partial charge in [-0.2, -0.15) is 13.2 Å². The summed E-state index contributed by atoms with van der Waals surface area (Å²) in [4.78, 5) is 0. The van der Waals surface area contributed by atoms with Gasteiger partial charge in [0.25, 0.3) is 0 Å². The second kappa shape index (κ2) is 9.61. The van der Waals surface area contributed by atoms with Crippen LogP contribution >= 0.6 is 0 Å². The lowest BCUT2D eigenvalue weighted by Gasteiger charge is -2.38. The molecular formula is C26H24F5NO. The lowest BCUT2D eigenvalue weighted by Crippen LogP contribution is -2.43. The predicted octanol–water partition coefficient (Wildman–Crippen LogP) is 6.49. The molecule has 3 aromatic rings. The monoisotopic (exact) mass is 461 g/mol. The molecule has 7 heteroatoms. The molecule has 0 atom stereocenters. The van der Waals surface area contributed by atoms with Crippen molar-refractivity contribution in [3.8, 4) is 11.1 Å². The zero-order chi connectivity index (χ0) is 23.5. The number of nitrogens with one attached hydrogen (secondary N) is 1. The second-order valence-corrected chi connectivity index (χ2v) is 8.43. The number of ether oxygens (including phenoxy) is 1. The molecule has 4 rings (SSSR count). The van der Waals surface area contributed by atoms with Gasteiger partial charge in [-0.05, 0) is 73.0 Å². The van der Waals surface area contributed by atoms with Crippen molar-refractivity contribution < 1.29 is 26.7 Å². The molecule has 0 aromatic heterocycles. The Labute approximate surface area is 189 Å². The van der Waals surface area contributed by atoms with Gasteiger partial charge in [-0.15, -0.1) is 0 Å². The minimum atomic E-state index is -4.61. The Hall–Kier alpha value is -2.77. The topological polar surface area (TPSA) is 21.3 Å². The van der Waals surface area contributed by atoms with Crippen LogP contribution in [-0.2, 0) is 22.9 Å². The van der Waals surface area contributed by atoms with Gasteiger partial charge in [0, 0.05) is 17.0 Å². The number of halogens is 5. The van der Waals surface area contributed by atoms with Crippen LogP contribution in [0.3, 0.4) is 0 Å². The van der Waals surface area contributed by atoms with Crippen molar-refractivity contribution in [2.24, 2.45) is 0 Å². The fourth-order valence-electron chi connectivity index (χ4n) is 4.40. The average molecular weight is 461 g/mol. The Bertz CT molecular complexity index is 1090. The van der Waals surface area contributed by atoms with Gasteiger partial charge in [0.1, 0.15) is 11.6 Å². The Morgan fingerprint density at radius 1 is 0.879 bits per heavy atom. The quantitative estimate of drug-likeness (QED) is 0.424. The highest BCUT2D eigenvalue weighted by Gasteiger charge is 2.34. The molecule has 0 bridgehead atoms. The van der Waals surface area contributed by atoms with Crippen LogP contribution in [-0.4, -0.2) is 19.7 Å². The van der Waals surface area contributed by atoms with Gasteiger partial charge >= 0.3 is 6.18 Å². The smallest absolute Gasteiger partial charge is 0.376 e. The van der Waals surface area contributed by atoms with Crippen LogP contribution in [0, 0.1) is 11.6 Å². The lowest BCUT2D eigenvalue weighted by atomic mass is 9.74. The standard InChI is InChI=1S/C26H24F5NO/c27-22-6-7-23(24(28)15-22)19-12-18(13-21(14-19)26(29,30)31)16-33-17-25(8-10-32-11-9-25)20-4-2-1-3-5-20/h1-7,12-15,32H,8-11,16-17H2. The van der Waals surface area contributed by atoms with Crippen LogP contribution in [0.5, 0.6) is 0 Å². The molecule has 2 nitrogen and oxygen atoms in total. The SMILES string of the molecule is Fc1ccc(-c2cc(COCC3(c4ccccc4)CCNCC3)cc(C(F)(F)F)c2)c(F)c1. The van der Waals surface area contributed by atoms with E-state index in [0.717, 1.165) is 55.8 Å². The molecule has 0 spiro atoms. The second-order valence-electron chi connectivity index (χ2n) is 8.43. The van der Waals surface area contributed by atoms with Crippen LogP contribution in [0.4, 0.5) is 22.0 Å². The molecule has 0 amide bonds. The van der Waals surface area contributed by atoms with Crippen molar-refractivity contribution in [3.05, 3.63) is 95.1 Å². The number of hydrogen-bond acceptors (Lipinski definition) is 2. The molecule has 1 heterocycles. The van der Waals surface area contributed by atoms with E-state index in [9.17, 15) is 22.0 Å². The van der Waals surface area contributed by atoms with Crippen molar-refractivity contribution >= 4 is 0 Å². The molecule has 1 N–H and O–H groups in total. The molecule has 0 saturated carbocycles. The Morgan fingerprint density at radius 3 is 2.27 bits per heavy atom.